The van der Waals surface area contributed by atoms with Crippen LogP contribution in [0.2, 0.25) is 0 Å². The Bertz CT molecular complexity index is 4050. The Labute approximate surface area is 451 Å². The van der Waals surface area contributed by atoms with Gasteiger partial charge in [0, 0.05) is 65.3 Å². The first-order valence-electron chi connectivity index (χ1n) is 28.0. The molecule has 378 valence electrons. The summed E-state index contributed by atoms with van der Waals surface area (Å²) >= 11 is 0. The summed E-state index contributed by atoms with van der Waals surface area (Å²) in [4.78, 5) is 10.2. The Morgan fingerprint density at radius 1 is 0.566 bits per heavy atom. The van der Waals surface area contributed by atoms with Crippen molar-refractivity contribution in [3.63, 3.8) is 0 Å². The molecule has 0 radical (unpaired) electrons. The van der Waals surface area contributed by atoms with Gasteiger partial charge in [0.1, 0.15) is 35.5 Å². The highest BCUT2D eigenvalue weighted by Crippen LogP contribution is 2.54. The third-order valence-corrected chi connectivity index (χ3v) is 16.3. The molecule has 0 unspecified atom stereocenters. The van der Waals surface area contributed by atoms with E-state index in [0.29, 0.717) is 40.9 Å². The Kier molecular flexibility index (Phi) is 10.6. The van der Waals surface area contributed by atoms with Gasteiger partial charge in [-0.15, -0.1) is 0 Å². The summed E-state index contributed by atoms with van der Waals surface area (Å²) < 4.78 is 36.2. The molecule has 3 aliphatic heterocycles. The first kappa shape index (κ1) is 45.3. The van der Waals surface area contributed by atoms with Crippen LogP contribution >= 0.6 is 0 Å². The second-order valence-corrected chi connectivity index (χ2v) is 23.8. The zero-order chi connectivity index (χ0) is 54.0. The lowest BCUT2D eigenvalue weighted by Gasteiger charge is -2.42. The molecule has 0 fully saturated rings. The van der Waals surface area contributed by atoms with Gasteiger partial charge >= 0.3 is 0 Å². The van der Waals surface area contributed by atoms with E-state index in [1.165, 1.54) is 16.7 Å². The maximum absolute atomic E-state index is 9.82. The van der Waals surface area contributed by atoms with Crippen molar-refractivity contribution in [3.8, 4) is 62.2 Å². The summed E-state index contributed by atoms with van der Waals surface area (Å²) in [7, 11) is 0. The van der Waals surface area contributed by atoms with Crippen molar-refractivity contribution in [2.24, 2.45) is 5.92 Å². The molecule has 6 nitrogen and oxygen atoms in total. The maximum Gasteiger partial charge on any atom is 0.137 e. The summed E-state index contributed by atoms with van der Waals surface area (Å²) in [5.74, 6) is 2.95. The third kappa shape index (κ3) is 8.03. The van der Waals surface area contributed by atoms with E-state index in [2.05, 4.69) is 196 Å². The first-order valence-corrected chi connectivity index (χ1v) is 27.0. The number of aromatic nitrogens is 2. The number of ether oxygens (including phenoxy) is 2. The van der Waals surface area contributed by atoms with E-state index in [4.69, 9.17) is 14.5 Å². The van der Waals surface area contributed by atoms with E-state index in [0.717, 1.165) is 91.0 Å². The lowest BCUT2D eigenvalue weighted by molar-refractivity contribution is 0.332. The monoisotopic (exact) mass is 997 g/mol. The number of hydrogen-bond acceptors (Lipinski definition) is 5. The molecule has 14 rings (SSSR count). The van der Waals surface area contributed by atoms with Gasteiger partial charge < -0.3 is 19.3 Å². The average molecular weight is 997 g/mol. The van der Waals surface area contributed by atoms with Gasteiger partial charge in [0.05, 0.1) is 28.1 Å². The molecule has 8 bridgehead atoms. The van der Waals surface area contributed by atoms with Gasteiger partial charge in [0.15, 0.2) is 0 Å². The number of fused-ring (bicyclic) bond motifs is 6. The SMILES string of the molecule is [2H]C([2H])(c1cc2ncc1-c1ccccc1Oc1ccccc1-c1cccc(-c3ccc4c(c3)C(C)(C)CCC4(C)C)c1N1CN(c3cc(cc(C(C)(C)C)c3)Oc3ccc4c5ccccc5n-2c4c3)c2ccccc21)C(C)C. The van der Waals surface area contributed by atoms with Crippen molar-refractivity contribution < 1.29 is 12.2 Å². The van der Waals surface area contributed by atoms with E-state index in [-0.39, 0.29) is 22.2 Å². The van der Waals surface area contributed by atoms with E-state index in [1.807, 2.05) is 62.5 Å². The average Bonchev–Trinajstić information content (AvgIpc) is 4.12. The lowest BCUT2D eigenvalue weighted by atomic mass is 9.63. The van der Waals surface area contributed by atoms with E-state index in [1.54, 1.807) is 0 Å². The van der Waals surface area contributed by atoms with Gasteiger partial charge in [-0.2, -0.15) is 0 Å². The Morgan fingerprint density at radius 2 is 1.21 bits per heavy atom. The minimum absolute atomic E-state index is 0.00855. The molecule has 0 saturated heterocycles. The minimum Gasteiger partial charge on any atom is -0.457 e. The number of hydrogen-bond donors (Lipinski definition) is 0. The normalized spacial score (nSPS) is 15.9. The highest BCUT2D eigenvalue weighted by molar-refractivity contribution is 6.09. The van der Waals surface area contributed by atoms with Crippen LogP contribution < -0.4 is 19.3 Å². The molecule has 4 aliphatic rings. The van der Waals surface area contributed by atoms with E-state index in [9.17, 15) is 2.74 Å². The van der Waals surface area contributed by atoms with Crippen molar-refractivity contribution in [1.82, 2.24) is 9.55 Å². The number of para-hydroxylation sites is 6. The number of nitrogens with zero attached hydrogens (tertiary/aromatic N) is 4. The van der Waals surface area contributed by atoms with Crippen LogP contribution in [-0.2, 0) is 22.6 Å². The fourth-order valence-electron chi connectivity index (χ4n) is 12.2. The molecule has 0 atom stereocenters. The van der Waals surface area contributed by atoms with Crippen LogP contribution in [-0.4, -0.2) is 16.2 Å². The number of pyridine rings is 1. The zero-order valence-electron chi connectivity index (χ0n) is 47.1. The molecular weight excluding hydrogens is 929 g/mol. The molecule has 0 N–H and O–H groups in total. The number of rotatable bonds is 3. The fraction of sp³-hybridized carbons (Fsp3) is 0.243. The summed E-state index contributed by atoms with van der Waals surface area (Å²) in [5, 5.41) is 2.11. The molecule has 0 spiro atoms. The minimum atomic E-state index is -1.76. The van der Waals surface area contributed by atoms with E-state index >= 15 is 0 Å². The van der Waals surface area contributed by atoms with Crippen molar-refractivity contribution in [3.05, 3.63) is 204 Å². The number of benzene rings is 8. The summed E-state index contributed by atoms with van der Waals surface area (Å²) in [6, 6.07) is 62.4. The van der Waals surface area contributed by atoms with Crippen molar-refractivity contribution in [2.45, 2.75) is 97.8 Å². The highest BCUT2D eigenvalue weighted by Gasteiger charge is 2.38. The Balaban J connectivity index is 1.10. The highest BCUT2D eigenvalue weighted by atomic mass is 16.5. The molecule has 6 heteroatoms. The van der Waals surface area contributed by atoms with Crippen LogP contribution in [0.15, 0.2) is 182 Å². The van der Waals surface area contributed by atoms with Gasteiger partial charge in [0.25, 0.3) is 0 Å². The van der Waals surface area contributed by atoms with Crippen LogP contribution in [0, 0.1) is 5.92 Å². The second-order valence-electron chi connectivity index (χ2n) is 23.8. The predicted molar refractivity (Wildman–Crippen MR) is 316 cm³/mol. The predicted octanol–water partition coefficient (Wildman–Crippen LogP) is 19.2. The molecule has 76 heavy (non-hydrogen) atoms. The van der Waals surface area contributed by atoms with Crippen LogP contribution in [0.25, 0.3) is 61.0 Å². The molecule has 10 aromatic rings. The van der Waals surface area contributed by atoms with Gasteiger partial charge in [0.2, 0.25) is 0 Å². The Morgan fingerprint density at radius 3 is 1.96 bits per heavy atom. The largest absolute Gasteiger partial charge is 0.457 e. The lowest BCUT2D eigenvalue weighted by Crippen LogP contribution is -2.33. The van der Waals surface area contributed by atoms with Crippen LogP contribution in [0.5, 0.6) is 23.0 Å². The quantitative estimate of drug-likeness (QED) is 0.176. The van der Waals surface area contributed by atoms with Crippen molar-refractivity contribution >= 4 is 44.6 Å². The molecule has 2 aromatic heterocycles. The standard InChI is InChI=1S/C70H66N4O2/c1-44(2)35-46-37-66-71-42-57(46)55-21-12-17-28-65(55)76-64-27-16-11-20-54(64)56-23-18-22-51(45-29-32-58-59(36-45)70(8,9)34-33-69(58,6)7)67(56)73-43-72(61-25-14-15-26-62(61)73)48-38-47(68(3,4)5)39-50(40-48)75-49-30-31-53-52-19-10-13-24-60(52)74(66)63(53)41-49/h10-32,36-42,44H,33-35,43H2,1-9H3/i35D2. The van der Waals surface area contributed by atoms with E-state index < -0.39 is 6.37 Å². The fourth-order valence-corrected chi connectivity index (χ4v) is 12.2. The second kappa shape index (κ2) is 17.8. The van der Waals surface area contributed by atoms with Gasteiger partial charge in [-0.3, -0.25) is 4.57 Å². The molecule has 8 aromatic carbocycles. The first-order chi connectivity index (χ1) is 37.4. The molecular formula is C70H66N4O2. The molecule has 5 heterocycles. The topological polar surface area (TPSA) is 42.8 Å². The van der Waals surface area contributed by atoms with Gasteiger partial charge in [-0.1, -0.05) is 165 Å². The van der Waals surface area contributed by atoms with Crippen LogP contribution in [0.3, 0.4) is 0 Å². The maximum atomic E-state index is 9.82. The molecule has 0 amide bonds. The van der Waals surface area contributed by atoms with Crippen molar-refractivity contribution in [1.29, 1.82) is 0 Å². The summed E-state index contributed by atoms with van der Waals surface area (Å²) in [6.45, 7) is 20.8. The summed E-state index contributed by atoms with van der Waals surface area (Å²) in [6.07, 6.45) is 2.34. The summed E-state index contributed by atoms with van der Waals surface area (Å²) in [5.41, 5.74) is 16.2. The third-order valence-electron chi connectivity index (χ3n) is 16.3. The van der Waals surface area contributed by atoms with Gasteiger partial charge in [-0.25, -0.2) is 4.98 Å². The van der Waals surface area contributed by atoms with Crippen molar-refractivity contribution in [2.75, 3.05) is 16.5 Å². The molecule has 0 saturated carbocycles. The zero-order valence-corrected chi connectivity index (χ0v) is 45.1. The van der Waals surface area contributed by atoms with Gasteiger partial charge in [-0.05, 0) is 130 Å². The van der Waals surface area contributed by atoms with Crippen LogP contribution in [0.4, 0.5) is 22.7 Å². The smallest absolute Gasteiger partial charge is 0.137 e. The Hall–Kier alpha value is -8.09. The van der Waals surface area contributed by atoms with Crippen LogP contribution in [0.1, 0.15) is 100 Å². The molecule has 1 aliphatic carbocycles. The number of anilines is 4.